The molecule has 0 saturated carbocycles. The highest BCUT2D eigenvalue weighted by atomic mass is 16.2. The molecule has 1 aromatic carbocycles. The lowest BCUT2D eigenvalue weighted by atomic mass is 9.93. The van der Waals surface area contributed by atoms with Gasteiger partial charge in [0.1, 0.15) is 0 Å². The van der Waals surface area contributed by atoms with Crippen LogP contribution in [0, 0.1) is 11.8 Å². The van der Waals surface area contributed by atoms with Crippen molar-refractivity contribution in [3.63, 3.8) is 0 Å². The maximum Gasteiger partial charge on any atom is 0.234 e. The Morgan fingerprint density at radius 2 is 1.68 bits per heavy atom. The van der Waals surface area contributed by atoms with Crippen molar-refractivity contribution < 1.29 is 9.59 Å². The number of rotatable bonds is 8. The summed E-state index contributed by atoms with van der Waals surface area (Å²) < 4.78 is 0. The van der Waals surface area contributed by atoms with Gasteiger partial charge in [-0.1, -0.05) is 52.0 Å². The summed E-state index contributed by atoms with van der Waals surface area (Å²) in [7, 11) is 0. The highest BCUT2D eigenvalue weighted by molar-refractivity contribution is 5.78. The molecule has 5 nitrogen and oxygen atoms in total. The number of carbonyl (C=O) groups excluding carboxylic acids is 2. The van der Waals surface area contributed by atoms with Gasteiger partial charge in [-0.15, -0.1) is 0 Å². The topological polar surface area (TPSA) is 61.4 Å². The van der Waals surface area contributed by atoms with Crippen LogP contribution in [0.3, 0.4) is 0 Å². The van der Waals surface area contributed by atoms with Crippen molar-refractivity contribution in [3.8, 4) is 0 Å². The van der Waals surface area contributed by atoms with Gasteiger partial charge in [-0.05, 0) is 42.2 Å². The van der Waals surface area contributed by atoms with E-state index < -0.39 is 0 Å². The molecule has 0 bridgehead atoms. The molecule has 0 aromatic heterocycles. The highest BCUT2D eigenvalue weighted by Crippen LogP contribution is 2.22. The second-order valence-corrected chi connectivity index (χ2v) is 8.79. The van der Waals surface area contributed by atoms with Gasteiger partial charge in [-0.3, -0.25) is 9.59 Å². The molecule has 1 aliphatic rings. The normalized spacial score (nSPS) is 16.5. The Morgan fingerprint density at radius 3 is 2.18 bits per heavy atom. The third-order valence-electron chi connectivity index (χ3n) is 5.44. The Labute approximate surface area is 170 Å². The molecule has 1 heterocycles. The van der Waals surface area contributed by atoms with Gasteiger partial charge in [0.25, 0.3) is 0 Å². The van der Waals surface area contributed by atoms with Gasteiger partial charge in [-0.2, -0.15) is 0 Å². The molecule has 1 fully saturated rings. The molecule has 0 radical (unpaired) electrons. The van der Waals surface area contributed by atoms with Gasteiger partial charge in [0, 0.05) is 32.1 Å². The highest BCUT2D eigenvalue weighted by Gasteiger charge is 2.22. The maximum absolute atomic E-state index is 12.4. The van der Waals surface area contributed by atoms with Crippen molar-refractivity contribution in [1.29, 1.82) is 0 Å². The van der Waals surface area contributed by atoms with E-state index in [1.165, 1.54) is 11.1 Å². The number of carbonyl (C=O) groups is 2. The van der Waals surface area contributed by atoms with Crippen molar-refractivity contribution in [2.24, 2.45) is 11.8 Å². The smallest absolute Gasteiger partial charge is 0.234 e. The second-order valence-electron chi connectivity index (χ2n) is 8.79. The first-order valence-electron chi connectivity index (χ1n) is 10.6. The molecule has 1 atom stereocenters. The van der Waals surface area contributed by atoms with Crippen molar-refractivity contribution in [3.05, 3.63) is 35.4 Å². The number of nitrogens with one attached hydrogen (secondary N) is 2. The van der Waals surface area contributed by atoms with Gasteiger partial charge < -0.3 is 15.5 Å². The summed E-state index contributed by atoms with van der Waals surface area (Å²) in [5.41, 5.74) is 2.58. The first-order chi connectivity index (χ1) is 13.3. The molecule has 0 aliphatic carbocycles. The minimum absolute atomic E-state index is 0.0309. The summed E-state index contributed by atoms with van der Waals surface area (Å²) in [6, 6.07) is 9.09. The molecule has 0 spiro atoms. The zero-order chi connectivity index (χ0) is 20.7. The minimum atomic E-state index is 0.0309. The molecule has 2 N–H and O–H groups in total. The fourth-order valence-corrected chi connectivity index (χ4v) is 3.89. The number of likely N-dealkylation sites (tertiary alicyclic amines) is 1. The van der Waals surface area contributed by atoms with Gasteiger partial charge in [-0.25, -0.2) is 0 Å². The number of piperidine rings is 1. The monoisotopic (exact) mass is 387 g/mol. The summed E-state index contributed by atoms with van der Waals surface area (Å²) >= 11 is 0. The van der Waals surface area contributed by atoms with E-state index in [9.17, 15) is 9.59 Å². The molecule has 2 amide bonds. The van der Waals surface area contributed by atoms with E-state index in [-0.39, 0.29) is 23.9 Å². The molecular formula is C23H37N3O2. The van der Waals surface area contributed by atoms with Crippen molar-refractivity contribution >= 4 is 11.8 Å². The average Bonchev–Trinajstić information content (AvgIpc) is 2.63. The Bertz CT molecular complexity index is 632. The van der Waals surface area contributed by atoms with Crippen molar-refractivity contribution in [2.45, 2.75) is 66.0 Å². The molecule has 156 valence electrons. The maximum atomic E-state index is 12.4. The van der Waals surface area contributed by atoms with Crippen molar-refractivity contribution in [2.75, 3.05) is 19.6 Å². The number of nitrogens with zero attached hydrogens (tertiary/aromatic N) is 1. The number of hydrogen-bond donors (Lipinski definition) is 2. The Morgan fingerprint density at radius 1 is 1.07 bits per heavy atom. The molecular weight excluding hydrogens is 350 g/mol. The molecule has 1 aliphatic heterocycles. The van der Waals surface area contributed by atoms with Crippen LogP contribution in [0.1, 0.15) is 64.6 Å². The van der Waals surface area contributed by atoms with E-state index in [0.717, 1.165) is 32.4 Å². The lowest BCUT2D eigenvalue weighted by molar-refractivity contribution is -0.130. The number of benzene rings is 1. The summed E-state index contributed by atoms with van der Waals surface area (Å²) in [5.74, 6) is 1.19. The number of hydrogen-bond acceptors (Lipinski definition) is 3. The van der Waals surface area contributed by atoms with Gasteiger partial charge in [0.2, 0.25) is 11.8 Å². The van der Waals surface area contributed by atoms with Crippen LogP contribution in [-0.4, -0.2) is 42.4 Å². The third kappa shape index (κ3) is 6.93. The molecule has 28 heavy (non-hydrogen) atoms. The van der Waals surface area contributed by atoms with Crippen LogP contribution in [0.25, 0.3) is 0 Å². The van der Waals surface area contributed by atoms with E-state index in [4.69, 9.17) is 0 Å². The second kappa shape index (κ2) is 10.6. The minimum Gasteiger partial charge on any atom is -0.352 e. The zero-order valence-electron chi connectivity index (χ0n) is 18.1. The van der Waals surface area contributed by atoms with Crippen LogP contribution in [0.15, 0.2) is 24.3 Å². The van der Waals surface area contributed by atoms with Crippen LogP contribution in [0.2, 0.25) is 0 Å². The lowest BCUT2D eigenvalue weighted by Gasteiger charge is -2.32. The van der Waals surface area contributed by atoms with Gasteiger partial charge in [0.05, 0.1) is 6.54 Å². The average molecular weight is 388 g/mol. The van der Waals surface area contributed by atoms with E-state index in [1.54, 1.807) is 6.92 Å². The van der Waals surface area contributed by atoms with Crippen LogP contribution in [0.5, 0.6) is 0 Å². The van der Waals surface area contributed by atoms with Crippen LogP contribution in [0.4, 0.5) is 0 Å². The number of amides is 2. The fourth-order valence-electron chi connectivity index (χ4n) is 3.89. The molecule has 1 aromatic rings. The Hall–Kier alpha value is -1.88. The van der Waals surface area contributed by atoms with Crippen molar-refractivity contribution in [1.82, 2.24) is 15.5 Å². The fraction of sp³-hybridized carbons (Fsp3) is 0.652. The summed E-state index contributed by atoms with van der Waals surface area (Å²) in [6.07, 6.45) is 2.75. The van der Waals surface area contributed by atoms with Crippen LogP contribution < -0.4 is 10.6 Å². The van der Waals surface area contributed by atoms with Gasteiger partial charge in [0.15, 0.2) is 0 Å². The lowest BCUT2D eigenvalue weighted by Crippen LogP contribution is -2.48. The molecule has 1 saturated heterocycles. The van der Waals surface area contributed by atoms with E-state index in [0.29, 0.717) is 18.4 Å². The third-order valence-corrected chi connectivity index (χ3v) is 5.44. The Balaban J connectivity index is 1.84. The Kier molecular flexibility index (Phi) is 8.49. The summed E-state index contributed by atoms with van der Waals surface area (Å²) in [6.45, 7) is 12.2. The van der Waals surface area contributed by atoms with E-state index in [2.05, 4.69) is 62.6 Å². The predicted molar refractivity (Wildman–Crippen MR) is 114 cm³/mol. The van der Waals surface area contributed by atoms with Crippen LogP contribution in [-0.2, 0) is 16.0 Å². The summed E-state index contributed by atoms with van der Waals surface area (Å²) in [4.78, 5) is 25.7. The first-order valence-corrected chi connectivity index (χ1v) is 10.6. The molecule has 5 heteroatoms. The largest absolute Gasteiger partial charge is 0.352 e. The quantitative estimate of drug-likeness (QED) is 0.719. The SMILES string of the molecule is CC(=O)N1CCC(NC(=O)CNC(c2ccc(CC(C)C)cc2)C(C)C)CC1. The molecule has 2 rings (SSSR count). The zero-order valence-corrected chi connectivity index (χ0v) is 18.1. The van der Waals surface area contributed by atoms with Gasteiger partial charge >= 0.3 is 0 Å². The van der Waals surface area contributed by atoms with E-state index >= 15 is 0 Å². The summed E-state index contributed by atoms with van der Waals surface area (Å²) in [5, 5.41) is 6.55. The standard InChI is InChI=1S/C23H37N3O2/c1-16(2)14-19-6-8-20(9-7-19)23(17(3)4)24-15-22(28)25-21-10-12-26(13-11-21)18(5)27/h6-9,16-17,21,23-24H,10-15H2,1-5H3,(H,25,28). The van der Waals surface area contributed by atoms with E-state index in [1.807, 2.05) is 4.90 Å². The predicted octanol–water partition coefficient (Wildman–Crippen LogP) is 3.30. The van der Waals surface area contributed by atoms with Crippen LogP contribution >= 0.6 is 0 Å². The first kappa shape index (κ1) is 22.4. The molecule has 1 unspecified atom stereocenters.